The van der Waals surface area contributed by atoms with E-state index in [1.165, 1.54) is 0 Å². The molecule has 1 aliphatic heterocycles. The van der Waals surface area contributed by atoms with Crippen LogP contribution in [0, 0.1) is 5.92 Å². The van der Waals surface area contributed by atoms with E-state index in [2.05, 4.69) is 10.2 Å². The molecule has 19 heavy (non-hydrogen) atoms. The summed E-state index contributed by atoms with van der Waals surface area (Å²) in [7, 11) is 0. The summed E-state index contributed by atoms with van der Waals surface area (Å²) < 4.78 is 0. The smallest absolute Gasteiger partial charge is 0.237 e. The molecule has 0 aliphatic carbocycles. The number of nitrogens with zero attached hydrogens (tertiary/aromatic N) is 1. The van der Waals surface area contributed by atoms with Crippen LogP contribution >= 0.6 is 0 Å². The fourth-order valence-corrected chi connectivity index (χ4v) is 2.29. The van der Waals surface area contributed by atoms with Crippen molar-refractivity contribution in [1.82, 2.24) is 10.2 Å². The lowest BCUT2D eigenvalue weighted by atomic mass is 9.99. The molecule has 0 bridgehead atoms. The molecule has 0 saturated carbocycles. The van der Waals surface area contributed by atoms with Gasteiger partial charge in [0.25, 0.3) is 0 Å². The molecular weight excluding hydrogens is 242 g/mol. The van der Waals surface area contributed by atoms with E-state index in [1.807, 2.05) is 13.8 Å². The zero-order valence-corrected chi connectivity index (χ0v) is 12.3. The van der Waals surface area contributed by atoms with E-state index >= 15 is 0 Å². The molecule has 5 nitrogen and oxygen atoms in total. The summed E-state index contributed by atoms with van der Waals surface area (Å²) in [6, 6.07) is -0.393. The third kappa shape index (κ3) is 5.89. The van der Waals surface area contributed by atoms with Crippen molar-refractivity contribution in [3.63, 3.8) is 0 Å². The van der Waals surface area contributed by atoms with Crippen LogP contribution in [0.3, 0.4) is 0 Å². The normalized spacial score (nSPS) is 21.1. The molecule has 1 aliphatic rings. The van der Waals surface area contributed by atoms with Crippen LogP contribution < -0.4 is 11.1 Å². The minimum absolute atomic E-state index is 0.0385. The molecule has 112 valence electrons. The molecular formula is C14H29N3O2. The average molecular weight is 271 g/mol. The topological polar surface area (TPSA) is 78.6 Å². The molecule has 0 aromatic rings. The van der Waals surface area contributed by atoms with Crippen LogP contribution in [0.5, 0.6) is 0 Å². The molecule has 1 saturated heterocycles. The van der Waals surface area contributed by atoms with Crippen LogP contribution in [0.2, 0.25) is 0 Å². The number of piperidine rings is 1. The van der Waals surface area contributed by atoms with Gasteiger partial charge in [-0.15, -0.1) is 0 Å². The van der Waals surface area contributed by atoms with Gasteiger partial charge >= 0.3 is 0 Å². The molecule has 1 amide bonds. The number of hydrogen-bond donors (Lipinski definition) is 3. The minimum Gasteiger partial charge on any atom is -0.393 e. The Bertz CT molecular complexity index is 265. The highest BCUT2D eigenvalue weighted by atomic mass is 16.3. The Morgan fingerprint density at radius 3 is 2.68 bits per heavy atom. The van der Waals surface area contributed by atoms with E-state index in [0.29, 0.717) is 6.54 Å². The summed E-state index contributed by atoms with van der Waals surface area (Å²) in [6.45, 7) is 7.63. The van der Waals surface area contributed by atoms with Crippen LogP contribution in [0.25, 0.3) is 0 Å². The second-order valence-corrected chi connectivity index (χ2v) is 5.63. The molecule has 1 fully saturated rings. The molecule has 1 rings (SSSR count). The molecule has 1 heterocycles. The predicted molar refractivity (Wildman–Crippen MR) is 76.7 cm³/mol. The van der Waals surface area contributed by atoms with Gasteiger partial charge in [-0.2, -0.15) is 0 Å². The molecule has 2 atom stereocenters. The summed E-state index contributed by atoms with van der Waals surface area (Å²) in [4.78, 5) is 14.1. The SMILES string of the molecule is CCC(C)C(N)C(=O)NCCCN1CCC(O)CC1. The Morgan fingerprint density at radius 1 is 1.47 bits per heavy atom. The predicted octanol–water partition coefficient (Wildman–Crippen LogP) is 0.323. The van der Waals surface area contributed by atoms with Crippen molar-refractivity contribution in [3.8, 4) is 0 Å². The van der Waals surface area contributed by atoms with E-state index in [9.17, 15) is 9.90 Å². The maximum atomic E-state index is 11.8. The lowest BCUT2D eigenvalue weighted by molar-refractivity contribution is -0.123. The van der Waals surface area contributed by atoms with Crippen molar-refractivity contribution in [2.75, 3.05) is 26.2 Å². The first-order chi connectivity index (χ1) is 9.04. The monoisotopic (exact) mass is 271 g/mol. The number of likely N-dealkylation sites (tertiary alicyclic amines) is 1. The highest BCUT2D eigenvalue weighted by Gasteiger charge is 2.19. The average Bonchev–Trinajstić information content (AvgIpc) is 2.43. The summed E-state index contributed by atoms with van der Waals surface area (Å²) in [5.74, 6) is 0.187. The minimum atomic E-state index is -0.393. The highest BCUT2D eigenvalue weighted by Crippen LogP contribution is 2.09. The summed E-state index contributed by atoms with van der Waals surface area (Å²) in [5.41, 5.74) is 5.86. The standard InChI is InChI=1S/C14H29N3O2/c1-3-11(2)13(15)14(19)16-7-4-8-17-9-5-12(18)6-10-17/h11-13,18H,3-10,15H2,1-2H3,(H,16,19). The van der Waals surface area contributed by atoms with Gasteiger partial charge in [-0.3, -0.25) is 4.79 Å². The van der Waals surface area contributed by atoms with Crippen molar-refractivity contribution in [2.45, 2.75) is 51.7 Å². The number of hydrogen-bond acceptors (Lipinski definition) is 4. The molecule has 0 aromatic heterocycles. The van der Waals surface area contributed by atoms with Crippen LogP contribution in [-0.4, -0.2) is 54.2 Å². The Hall–Kier alpha value is -0.650. The Balaban J connectivity index is 2.08. The fraction of sp³-hybridized carbons (Fsp3) is 0.929. The first-order valence-electron chi connectivity index (χ1n) is 7.48. The zero-order valence-electron chi connectivity index (χ0n) is 12.3. The fourth-order valence-electron chi connectivity index (χ4n) is 2.29. The van der Waals surface area contributed by atoms with Crippen LogP contribution in [-0.2, 0) is 4.79 Å². The summed E-state index contributed by atoms with van der Waals surface area (Å²) in [5, 5.41) is 12.3. The first-order valence-corrected chi connectivity index (χ1v) is 7.48. The van der Waals surface area contributed by atoms with E-state index in [0.717, 1.165) is 45.3 Å². The third-order valence-electron chi connectivity index (χ3n) is 4.07. The number of amides is 1. The molecule has 0 aromatic carbocycles. The van der Waals surface area contributed by atoms with Crippen LogP contribution in [0.4, 0.5) is 0 Å². The van der Waals surface area contributed by atoms with Crippen molar-refractivity contribution < 1.29 is 9.90 Å². The second-order valence-electron chi connectivity index (χ2n) is 5.63. The van der Waals surface area contributed by atoms with Gasteiger partial charge < -0.3 is 21.1 Å². The van der Waals surface area contributed by atoms with E-state index < -0.39 is 6.04 Å². The zero-order chi connectivity index (χ0) is 14.3. The molecule has 0 radical (unpaired) electrons. The number of aliphatic hydroxyl groups excluding tert-OH is 1. The van der Waals surface area contributed by atoms with E-state index in [-0.39, 0.29) is 17.9 Å². The van der Waals surface area contributed by atoms with Gasteiger partial charge in [0.1, 0.15) is 0 Å². The summed E-state index contributed by atoms with van der Waals surface area (Å²) in [6.07, 6.45) is 3.47. The number of carbonyl (C=O) groups excluding carboxylic acids is 1. The van der Waals surface area contributed by atoms with Gasteiger partial charge in [0.15, 0.2) is 0 Å². The molecule has 5 heteroatoms. The lowest BCUT2D eigenvalue weighted by Crippen LogP contribution is -2.45. The molecule has 0 spiro atoms. The van der Waals surface area contributed by atoms with Gasteiger partial charge in [-0.25, -0.2) is 0 Å². The van der Waals surface area contributed by atoms with E-state index in [1.54, 1.807) is 0 Å². The number of nitrogens with two attached hydrogens (primary N) is 1. The molecule has 4 N–H and O–H groups in total. The number of nitrogens with one attached hydrogen (secondary N) is 1. The van der Waals surface area contributed by atoms with Crippen molar-refractivity contribution in [1.29, 1.82) is 0 Å². The van der Waals surface area contributed by atoms with Gasteiger partial charge in [-0.05, 0) is 31.7 Å². The summed E-state index contributed by atoms with van der Waals surface area (Å²) >= 11 is 0. The van der Waals surface area contributed by atoms with Gasteiger partial charge in [0.2, 0.25) is 5.91 Å². The highest BCUT2D eigenvalue weighted by molar-refractivity contribution is 5.81. The number of carbonyl (C=O) groups is 1. The van der Waals surface area contributed by atoms with Crippen molar-refractivity contribution in [3.05, 3.63) is 0 Å². The van der Waals surface area contributed by atoms with Gasteiger partial charge in [0, 0.05) is 19.6 Å². The quantitative estimate of drug-likeness (QED) is 0.583. The first kappa shape index (κ1) is 16.4. The van der Waals surface area contributed by atoms with Crippen molar-refractivity contribution >= 4 is 5.91 Å². The van der Waals surface area contributed by atoms with Gasteiger partial charge in [0.05, 0.1) is 12.1 Å². The largest absolute Gasteiger partial charge is 0.393 e. The lowest BCUT2D eigenvalue weighted by Gasteiger charge is -2.29. The maximum absolute atomic E-state index is 11.8. The maximum Gasteiger partial charge on any atom is 0.237 e. The van der Waals surface area contributed by atoms with E-state index in [4.69, 9.17) is 5.73 Å². The number of rotatable bonds is 7. The number of aliphatic hydroxyl groups is 1. The third-order valence-corrected chi connectivity index (χ3v) is 4.07. The Labute approximate surface area is 116 Å². The van der Waals surface area contributed by atoms with Gasteiger partial charge in [-0.1, -0.05) is 20.3 Å². The second kappa shape index (κ2) is 8.51. The van der Waals surface area contributed by atoms with Crippen molar-refractivity contribution in [2.24, 2.45) is 11.7 Å². The molecule has 2 unspecified atom stereocenters. The van der Waals surface area contributed by atoms with Crippen LogP contribution in [0.15, 0.2) is 0 Å². The van der Waals surface area contributed by atoms with Crippen LogP contribution in [0.1, 0.15) is 39.5 Å². The Kier molecular flexibility index (Phi) is 7.34. The Morgan fingerprint density at radius 2 is 2.11 bits per heavy atom.